The van der Waals surface area contributed by atoms with Gasteiger partial charge in [0.05, 0.1) is 43.3 Å². The number of nitrogens with zero attached hydrogens (tertiary/aromatic N) is 2. The quantitative estimate of drug-likeness (QED) is 0.198. The maximum atomic E-state index is 13.0. The normalized spacial score (nSPS) is 28.7. The summed E-state index contributed by atoms with van der Waals surface area (Å²) >= 11 is 0. The van der Waals surface area contributed by atoms with E-state index < -0.39 is 84.0 Å². The zero-order chi connectivity index (χ0) is 36.4. The summed E-state index contributed by atoms with van der Waals surface area (Å²) in [5, 5.41) is 49.9. The first-order valence-electron chi connectivity index (χ1n) is 16.8. The minimum Gasteiger partial charge on any atom is -0.479 e. The van der Waals surface area contributed by atoms with Gasteiger partial charge in [0.25, 0.3) is 5.91 Å². The highest BCUT2D eigenvalue weighted by Gasteiger charge is 2.55. The second-order valence-electron chi connectivity index (χ2n) is 14.5. The van der Waals surface area contributed by atoms with Crippen LogP contribution in [0.2, 0.25) is 0 Å². The molecule has 5 rings (SSSR count). The fraction of sp³-hybridized carbons (Fsp3) is 0.647. The number of likely N-dealkylation sites (tertiary alicyclic amines) is 1. The van der Waals surface area contributed by atoms with E-state index in [9.17, 15) is 39.6 Å². The van der Waals surface area contributed by atoms with Crippen molar-refractivity contribution in [3.8, 4) is 0 Å². The van der Waals surface area contributed by atoms with E-state index in [0.717, 1.165) is 0 Å². The maximum absolute atomic E-state index is 13.0. The number of aliphatic hydroxyl groups is 3. The average Bonchev–Trinajstić information content (AvgIpc) is 3.70. The van der Waals surface area contributed by atoms with Crippen LogP contribution in [0.25, 0.3) is 11.0 Å². The number of carbonyl (C=O) groups is 4. The van der Waals surface area contributed by atoms with E-state index in [4.69, 9.17) is 18.6 Å². The van der Waals surface area contributed by atoms with Crippen molar-refractivity contribution in [2.24, 2.45) is 0 Å². The lowest BCUT2D eigenvalue weighted by Gasteiger charge is -2.49. The Balaban J connectivity index is 1.29. The fourth-order valence-electron chi connectivity index (χ4n) is 7.06. The van der Waals surface area contributed by atoms with Gasteiger partial charge >= 0.3 is 12.1 Å². The van der Waals surface area contributed by atoms with Crippen LogP contribution in [0.4, 0.5) is 4.79 Å². The molecule has 1 aromatic carbocycles. The molecule has 3 amide bonds. The molecule has 50 heavy (non-hydrogen) atoms. The summed E-state index contributed by atoms with van der Waals surface area (Å²) in [5.41, 5.74) is -2.43. The van der Waals surface area contributed by atoms with E-state index in [1.807, 2.05) is 0 Å². The molecule has 3 fully saturated rings. The zero-order valence-electron chi connectivity index (χ0n) is 28.8. The Morgan fingerprint density at radius 3 is 2.60 bits per heavy atom. The van der Waals surface area contributed by atoms with Gasteiger partial charge in [0.1, 0.15) is 23.4 Å². The largest absolute Gasteiger partial charge is 0.479 e. The van der Waals surface area contributed by atoms with Crippen LogP contribution >= 0.6 is 0 Å². The van der Waals surface area contributed by atoms with Crippen molar-refractivity contribution in [2.45, 2.75) is 94.2 Å². The topological polar surface area (TPSA) is 221 Å². The molecule has 0 saturated carbocycles. The molecule has 276 valence electrons. The highest BCUT2D eigenvalue weighted by atomic mass is 16.6. The van der Waals surface area contributed by atoms with Crippen LogP contribution in [0.1, 0.15) is 57.3 Å². The molecule has 0 radical (unpaired) electrons. The molecule has 1 aromatic heterocycles. The Morgan fingerprint density at radius 2 is 1.90 bits per heavy atom. The monoisotopic (exact) mass is 704 g/mol. The van der Waals surface area contributed by atoms with E-state index in [1.54, 1.807) is 43.9 Å². The number of morpholine rings is 1. The summed E-state index contributed by atoms with van der Waals surface area (Å²) in [6, 6.07) is 5.19. The molecule has 2 aromatic rings. The number of benzene rings is 1. The summed E-state index contributed by atoms with van der Waals surface area (Å²) in [6.45, 7) is 8.18. The van der Waals surface area contributed by atoms with Crippen LogP contribution in [0.5, 0.6) is 0 Å². The molecule has 0 unspecified atom stereocenters. The second kappa shape index (κ2) is 14.8. The number of carboxylic acid groups (broad SMARTS) is 1. The van der Waals surface area contributed by atoms with Gasteiger partial charge in [-0.25, -0.2) is 9.59 Å². The number of hydrogen-bond acceptors (Lipinski definition) is 12. The van der Waals surface area contributed by atoms with Crippen LogP contribution in [-0.2, 0) is 23.8 Å². The minimum absolute atomic E-state index is 0.132. The number of carboxylic acids is 1. The molecule has 3 saturated heterocycles. The number of rotatable bonds is 10. The molecule has 1 spiro atoms. The van der Waals surface area contributed by atoms with Gasteiger partial charge < -0.3 is 54.6 Å². The number of nitrogens with one attached hydrogen (secondary N) is 2. The lowest BCUT2D eigenvalue weighted by Crippen LogP contribution is -2.68. The molecule has 4 heterocycles. The van der Waals surface area contributed by atoms with Gasteiger partial charge in [0, 0.05) is 63.4 Å². The van der Waals surface area contributed by atoms with E-state index in [1.165, 1.54) is 19.3 Å². The van der Waals surface area contributed by atoms with Crippen molar-refractivity contribution in [3.63, 3.8) is 0 Å². The Hall–Kier alpha value is -3.80. The van der Waals surface area contributed by atoms with Gasteiger partial charge in [-0.05, 0) is 51.5 Å². The third kappa shape index (κ3) is 8.22. The third-order valence-corrected chi connectivity index (χ3v) is 9.66. The number of carbonyl (C=O) groups excluding carboxylic acids is 3. The predicted octanol–water partition coefficient (Wildman–Crippen LogP) is 0.464. The van der Waals surface area contributed by atoms with Gasteiger partial charge in [-0.1, -0.05) is 0 Å². The van der Waals surface area contributed by atoms with E-state index in [2.05, 4.69) is 15.5 Å². The smallest absolute Gasteiger partial charge is 0.410 e. The molecule has 16 heteroatoms. The molecular weight excluding hydrogens is 656 g/mol. The summed E-state index contributed by atoms with van der Waals surface area (Å²) in [5.74, 6) is -2.50. The summed E-state index contributed by atoms with van der Waals surface area (Å²) in [7, 11) is 0. The van der Waals surface area contributed by atoms with Gasteiger partial charge in [0.15, 0.2) is 5.60 Å². The third-order valence-electron chi connectivity index (χ3n) is 9.66. The Morgan fingerprint density at radius 1 is 1.14 bits per heavy atom. The molecule has 16 nitrogen and oxygen atoms in total. The van der Waals surface area contributed by atoms with Gasteiger partial charge in [-0.2, -0.15) is 0 Å². The van der Waals surface area contributed by atoms with E-state index in [-0.39, 0.29) is 18.5 Å². The van der Waals surface area contributed by atoms with E-state index >= 15 is 0 Å². The Labute approximate surface area is 289 Å². The van der Waals surface area contributed by atoms with Crippen molar-refractivity contribution >= 4 is 34.8 Å². The number of furan rings is 1. The average molecular weight is 705 g/mol. The molecule has 6 N–H and O–H groups in total. The van der Waals surface area contributed by atoms with Crippen LogP contribution in [0.15, 0.2) is 34.9 Å². The zero-order valence-corrected chi connectivity index (χ0v) is 28.8. The Bertz CT molecular complexity index is 1560. The van der Waals surface area contributed by atoms with Gasteiger partial charge in [0.2, 0.25) is 5.91 Å². The molecule has 0 aliphatic carbocycles. The Kier molecular flexibility index (Phi) is 11.1. The molecule has 0 bridgehead atoms. The highest BCUT2D eigenvalue weighted by molar-refractivity contribution is 5.97. The van der Waals surface area contributed by atoms with Crippen molar-refractivity contribution in [2.75, 3.05) is 45.9 Å². The van der Waals surface area contributed by atoms with E-state index in [0.29, 0.717) is 50.2 Å². The van der Waals surface area contributed by atoms with Crippen LogP contribution < -0.4 is 10.6 Å². The SMILES string of the molecule is CC(=O)N[C@H]1[C@H]([C@H](O)[C@H](O)CNC(=O)c2ccc3occc3c2)O[C@@](CCN2CCOC[C@@]23CCN(C(=O)OC(C)(C)C)C3)(C(=O)O)C[C@@H]1O. The second-order valence-corrected chi connectivity index (χ2v) is 14.5. The summed E-state index contributed by atoms with van der Waals surface area (Å²) < 4.78 is 22.8. The van der Waals surface area contributed by atoms with Gasteiger partial charge in [-0.15, -0.1) is 0 Å². The first kappa shape index (κ1) is 37.5. The number of hydrogen-bond donors (Lipinski definition) is 6. The molecule has 7 atom stereocenters. The number of aliphatic hydroxyl groups excluding tert-OH is 3. The van der Waals surface area contributed by atoms with Gasteiger partial charge in [-0.3, -0.25) is 14.5 Å². The van der Waals surface area contributed by atoms with Crippen LogP contribution in [0.3, 0.4) is 0 Å². The van der Waals surface area contributed by atoms with Crippen LogP contribution in [0, 0.1) is 0 Å². The molecular formula is C34H48N4O12. The number of fused-ring (bicyclic) bond motifs is 1. The molecule has 3 aliphatic rings. The summed E-state index contributed by atoms with van der Waals surface area (Å²) in [6.07, 6.45) is -5.49. The first-order chi connectivity index (χ1) is 23.5. The summed E-state index contributed by atoms with van der Waals surface area (Å²) in [4.78, 5) is 54.4. The maximum Gasteiger partial charge on any atom is 0.410 e. The first-order valence-corrected chi connectivity index (χ1v) is 16.8. The number of aliphatic carboxylic acids is 1. The van der Waals surface area contributed by atoms with Crippen molar-refractivity contribution in [1.82, 2.24) is 20.4 Å². The van der Waals surface area contributed by atoms with Crippen molar-refractivity contribution in [1.29, 1.82) is 0 Å². The molecule has 3 aliphatic heterocycles. The fourth-order valence-corrected chi connectivity index (χ4v) is 7.06. The van der Waals surface area contributed by atoms with Crippen molar-refractivity contribution < 1.29 is 58.2 Å². The number of ether oxygens (including phenoxy) is 3. The van der Waals surface area contributed by atoms with Crippen molar-refractivity contribution in [3.05, 3.63) is 36.1 Å². The minimum atomic E-state index is -2.02. The lowest BCUT2D eigenvalue weighted by atomic mass is 9.81. The number of amides is 3. The highest BCUT2D eigenvalue weighted by Crippen LogP contribution is 2.38. The predicted molar refractivity (Wildman–Crippen MR) is 176 cm³/mol. The van der Waals surface area contributed by atoms with Crippen LogP contribution in [-0.4, -0.2) is 147 Å². The standard InChI is InChI=1S/C34H48N4O12/c1-20(39)36-26-23(40)16-34(30(44)45,9-11-38-12-14-47-19-33(38)8-10-37(18-33)31(46)50-32(2,3)4)49-28(26)27(42)24(41)17-35-29(43)22-5-6-25-21(15-22)7-13-48-25/h5-7,13,15,23-24,26-28,40-42H,8-12,14,16-19H2,1-4H3,(H,35,43)(H,36,39)(H,44,45)/t23-,24+,26+,27+,28+,33-,34+/m0/s1. The lowest BCUT2D eigenvalue weighted by molar-refractivity contribution is -0.231.